The molecule has 0 aromatic heterocycles. The van der Waals surface area contributed by atoms with Gasteiger partial charge in [-0.1, -0.05) is 75.1 Å². The molecule has 0 aliphatic rings. The van der Waals surface area contributed by atoms with Crippen molar-refractivity contribution in [2.24, 2.45) is 0 Å². The van der Waals surface area contributed by atoms with Gasteiger partial charge in [-0.25, -0.2) is 4.79 Å². The minimum Gasteiger partial charge on any atom is -0.481 e. The Labute approximate surface area is 148 Å². The normalized spacial score (nSPS) is 11.9. The van der Waals surface area contributed by atoms with Crippen LogP contribution in [0.5, 0.6) is 0 Å². The van der Waals surface area contributed by atoms with Gasteiger partial charge in [-0.3, -0.25) is 4.79 Å². The van der Waals surface area contributed by atoms with Gasteiger partial charge in [0.25, 0.3) is 0 Å². The molecule has 0 spiro atoms. The van der Waals surface area contributed by atoms with Crippen LogP contribution in [-0.2, 0) is 4.79 Å². The number of aromatic carboxylic acids is 1. The van der Waals surface area contributed by atoms with Crippen LogP contribution >= 0.6 is 0 Å². The highest BCUT2D eigenvalue weighted by molar-refractivity contribution is 5.96. The highest BCUT2D eigenvalue weighted by Gasteiger charge is 2.19. The molecule has 0 saturated heterocycles. The van der Waals surface area contributed by atoms with Crippen molar-refractivity contribution < 1.29 is 19.8 Å². The second-order valence-corrected chi connectivity index (χ2v) is 6.21. The van der Waals surface area contributed by atoms with Crippen LogP contribution in [0, 0.1) is 0 Å². The van der Waals surface area contributed by atoms with Gasteiger partial charge < -0.3 is 10.2 Å². The molecule has 0 amide bonds. The predicted molar refractivity (Wildman–Crippen MR) is 98.0 cm³/mol. The molecule has 0 aliphatic carbocycles. The maximum absolute atomic E-state index is 11.6. The monoisotopic (exact) mass is 340 g/mol. The Balaban J connectivity index is 2.20. The quantitative estimate of drug-likeness (QED) is 0.616. The van der Waals surface area contributed by atoms with E-state index in [2.05, 4.69) is 6.92 Å². The predicted octanol–water partition coefficient (Wildman–Crippen LogP) is 5.19. The first-order chi connectivity index (χ1) is 12.0. The van der Waals surface area contributed by atoms with Crippen LogP contribution in [0.4, 0.5) is 0 Å². The first-order valence-corrected chi connectivity index (χ1v) is 8.70. The molecule has 2 rings (SSSR count). The van der Waals surface area contributed by atoms with E-state index in [0.717, 1.165) is 36.8 Å². The molecule has 4 nitrogen and oxygen atoms in total. The number of benzene rings is 2. The van der Waals surface area contributed by atoms with Crippen molar-refractivity contribution in [2.45, 2.75) is 44.9 Å². The number of unbranched alkanes of at least 4 members (excludes halogenated alkanes) is 3. The van der Waals surface area contributed by atoms with Crippen molar-refractivity contribution in [3.05, 3.63) is 59.7 Å². The van der Waals surface area contributed by atoms with E-state index < -0.39 is 17.9 Å². The van der Waals surface area contributed by atoms with Crippen LogP contribution in [0.25, 0.3) is 11.1 Å². The summed E-state index contributed by atoms with van der Waals surface area (Å²) in [4.78, 5) is 22.9. The molecule has 1 unspecified atom stereocenters. The lowest BCUT2D eigenvalue weighted by molar-refractivity contribution is -0.139. The van der Waals surface area contributed by atoms with Gasteiger partial charge in [-0.2, -0.15) is 0 Å². The fraction of sp³-hybridized carbons (Fsp3) is 0.333. The highest BCUT2D eigenvalue weighted by Crippen LogP contribution is 2.28. The number of carboxylic acid groups (broad SMARTS) is 2. The van der Waals surface area contributed by atoms with E-state index in [1.807, 2.05) is 0 Å². The number of hydrogen-bond donors (Lipinski definition) is 2. The summed E-state index contributed by atoms with van der Waals surface area (Å²) in [7, 11) is 0. The summed E-state index contributed by atoms with van der Waals surface area (Å²) in [6.07, 6.45) is 4.81. The Morgan fingerprint density at radius 3 is 2.20 bits per heavy atom. The molecule has 0 aliphatic heterocycles. The second kappa shape index (κ2) is 9.02. The summed E-state index contributed by atoms with van der Waals surface area (Å²) in [5, 5.41) is 18.8. The molecule has 0 saturated carbocycles. The summed E-state index contributed by atoms with van der Waals surface area (Å²) >= 11 is 0. The fourth-order valence-corrected chi connectivity index (χ4v) is 3.02. The third kappa shape index (κ3) is 4.92. The Morgan fingerprint density at radius 2 is 1.60 bits per heavy atom. The van der Waals surface area contributed by atoms with Crippen LogP contribution in [0.1, 0.15) is 60.9 Å². The average molecular weight is 340 g/mol. The van der Waals surface area contributed by atoms with Crippen molar-refractivity contribution in [1.29, 1.82) is 0 Å². The van der Waals surface area contributed by atoms with Crippen LogP contribution in [0.3, 0.4) is 0 Å². The molecule has 4 heteroatoms. The molecule has 0 bridgehead atoms. The van der Waals surface area contributed by atoms with Gasteiger partial charge in [-0.05, 0) is 29.2 Å². The summed E-state index contributed by atoms with van der Waals surface area (Å²) < 4.78 is 0. The minimum atomic E-state index is -0.973. The number of carbonyl (C=O) groups is 2. The number of hydrogen-bond acceptors (Lipinski definition) is 2. The van der Waals surface area contributed by atoms with Crippen LogP contribution < -0.4 is 0 Å². The van der Waals surface area contributed by atoms with Gasteiger partial charge in [0.1, 0.15) is 0 Å². The lowest BCUT2D eigenvalue weighted by atomic mass is 9.91. The van der Waals surface area contributed by atoms with E-state index in [-0.39, 0.29) is 5.56 Å². The van der Waals surface area contributed by atoms with Gasteiger partial charge in [0.2, 0.25) is 0 Å². The molecule has 2 N–H and O–H groups in total. The second-order valence-electron chi connectivity index (χ2n) is 6.21. The van der Waals surface area contributed by atoms with Gasteiger partial charge in [0.05, 0.1) is 11.5 Å². The maximum Gasteiger partial charge on any atom is 0.336 e. The molecule has 132 valence electrons. The largest absolute Gasteiger partial charge is 0.481 e. The number of carboxylic acids is 2. The van der Waals surface area contributed by atoms with Crippen molar-refractivity contribution in [2.75, 3.05) is 0 Å². The van der Waals surface area contributed by atoms with Crippen molar-refractivity contribution >= 4 is 11.9 Å². The zero-order chi connectivity index (χ0) is 18.2. The minimum absolute atomic E-state index is 0.240. The van der Waals surface area contributed by atoms with Crippen LogP contribution in [-0.4, -0.2) is 22.2 Å². The Bertz CT molecular complexity index is 719. The summed E-state index contributed by atoms with van der Waals surface area (Å²) in [6, 6.07) is 14.0. The molecule has 0 heterocycles. The zero-order valence-electron chi connectivity index (χ0n) is 14.4. The fourth-order valence-electron chi connectivity index (χ4n) is 3.02. The van der Waals surface area contributed by atoms with Crippen LogP contribution in [0.15, 0.2) is 48.5 Å². The lowest BCUT2D eigenvalue weighted by Crippen LogP contribution is -2.11. The van der Waals surface area contributed by atoms with Gasteiger partial charge >= 0.3 is 11.9 Å². The van der Waals surface area contributed by atoms with Crippen molar-refractivity contribution in [3.63, 3.8) is 0 Å². The molecular formula is C21H24O4. The van der Waals surface area contributed by atoms with Crippen molar-refractivity contribution in [3.8, 4) is 11.1 Å². The van der Waals surface area contributed by atoms with Gasteiger partial charge in [0, 0.05) is 0 Å². The topological polar surface area (TPSA) is 74.6 Å². The Hall–Kier alpha value is -2.62. The molecule has 1 atom stereocenters. The van der Waals surface area contributed by atoms with Gasteiger partial charge in [-0.15, -0.1) is 0 Å². The molecule has 0 radical (unpaired) electrons. The Morgan fingerprint density at radius 1 is 0.920 bits per heavy atom. The van der Waals surface area contributed by atoms with E-state index in [0.29, 0.717) is 12.0 Å². The van der Waals surface area contributed by atoms with E-state index in [4.69, 9.17) is 0 Å². The molecule has 2 aromatic carbocycles. The molecule has 2 aromatic rings. The van der Waals surface area contributed by atoms with Crippen molar-refractivity contribution in [1.82, 2.24) is 0 Å². The first-order valence-electron chi connectivity index (χ1n) is 8.70. The van der Waals surface area contributed by atoms with Crippen LogP contribution in [0.2, 0.25) is 0 Å². The number of aliphatic carboxylic acids is 1. The third-order valence-corrected chi connectivity index (χ3v) is 4.43. The lowest BCUT2D eigenvalue weighted by Gasteiger charge is -2.14. The first kappa shape index (κ1) is 18.7. The third-order valence-electron chi connectivity index (χ3n) is 4.43. The zero-order valence-corrected chi connectivity index (χ0v) is 14.4. The summed E-state index contributed by atoms with van der Waals surface area (Å²) in [5.41, 5.74) is 2.42. The summed E-state index contributed by atoms with van der Waals surface area (Å²) in [5.74, 6) is -2.30. The molecule has 25 heavy (non-hydrogen) atoms. The standard InChI is InChI=1S/C21H24O4/c1-2-3-4-5-9-18(20(22)23)16-13-11-15(12-14-16)17-8-6-7-10-19(17)21(24)25/h6-8,10-14,18H,2-5,9H2,1H3,(H,22,23)(H,24,25). The van der Waals surface area contributed by atoms with E-state index in [1.54, 1.807) is 48.5 Å². The SMILES string of the molecule is CCCCCCC(C(=O)O)c1ccc(-c2ccccc2C(=O)O)cc1. The highest BCUT2D eigenvalue weighted by atomic mass is 16.4. The van der Waals surface area contributed by atoms with E-state index >= 15 is 0 Å². The van der Waals surface area contributed by atoms with E-state index in [1.165, 1.54) is 0 Å². The molecule has 0 fully saturated rings. The van der Waals surface area contributed by atoms with Gasteiger partial charge in [0.15, 0.2) is 0 Å². The molecular weight excluding hydrogens is 316 g/mol. The maximum atomic E-state index is 11.6. The average Bonchev–Trinajstić information content (AvgIpc) is 2.61. The number of rotatable bonds is 9. The summed E-state index contributed by atoms with van der Waals surface area (Å²) in [6.45, 7) is 2.13. The Kier molecular flexibility index (Phi) is 6.75. The van der Waals surface area contributed by atoms with E-state index in [9.17, 15) is 19.8 Å². The smallest absolute Gasteiger partial charge is 0.336 e.